The third-order valence-electron chi connectivity index (χ3n) is 1.99. The van der Waals surface area contributed by atoms with Crippen molar-refractivity contribution in [2.45, 2.75) is 34.6 Å². The Balaban J connectivity index is 0.000000561. The molecule has 0 N–H and O–H groups in total. The largest absolute Gasteiger partial charge is 0.0840 e. The first kappa shape index (κ1) is 11.5. The molecule has 1 aromatic rings. The lowest BCUT2D eigenvalue weighted by molar-refractivity contribution is 1.27. The molecule has 0 heterocycles. The maximum Gasteiger partial charge on any atom is 0.0438 e. The van der Waals surface area contributed by atoms with Gasteiger partial charge in [0.2, 0.25) is 0 Å². The molecule has 0 aliphatic rings. The van der Waals surface area contributed by atoms with Crippen molar-refractivity contribution in [1.29, 1.82) is 0 Å². The summed E-state index contributed by atoms with van der Waals surface area (Å²) in [5.74, 6) is 0. The third kappa shape index (κ3) is 2.53. The van der Waals surface area contributed by atoms with Crippen molar-refractivity contribution >= 4 is 11.6 Å². The Kier molecular flexibility index (Phi) is 5.00. The zero-order valence-corrected chi connectivity index (χ0v) is 9.29. The van der Waals surface area contributed by atoms with Crippen LogP contribution in [0, 0.1) is 20.8 Å². The van der Waals surface area contributed by atoms with Gasteiger partial charge in [0, 0.05) is 5.02 Å². The zero-order valence-electron chi connectivity index (χ0n) is 8.53. The number of benzene rings is 1. The molecule has 0 aliphatic heterocycles. The number of rotatable bonds is 0. The summed E-state index contributed by atoms with van der Waals surface area (Å²) < 4.78 is 0. The van der Waals surface area contributed by atoms with E-state index in [-0.39, 0.29) is 0 Å². The highest BCUT2D eigenvalue weighted by atomic mass is 35.5. The second kappa shape index (κ2) is 5.21. The topological polar surface area (TPSA) is 0 Å². The molecular weight excluding hydrogens is 168 g/mol. The summed E-state index contributed by atoms with van der Waals surface area (Å²) in [6.45, 7) is 10.2. The van der Waals surface area contributed by atoms with Gasteiger partial charge in [0.05, 0.1) is 0 Å². The summed E-state index contributed by atoms with van der Waals surface area (Å²) in [6.07, 6.45) is 0. The van der Waals surface area contributed by atoms with Gasteiger partial charge < -0.3 is 0 Å². The lowest BCUT2D eigenvalue weighted by atomic mass is 10.1. The van der Waals surface area contributed by atoms with Gasteiger partial charge in [0.25, 0.3) is 0 Å². The second-order valence-electron chi connectivity index (χ2n) is 2.61. The molecule has 0 aliphatic carbocycles. The van der Waals surface area contributed by atoms with Gasteiger partial charge >= 0.3 is 0 Å². The van der Waals surface area contributed by atoms with Gasteiger partial charge in [-0.25, -0.2) is 0 Å². The fraction of sp³-hybridized carbons (Fsp3) is 0.455. The SMILES string of the molecule is CC.Cc1ccc(Cl)c(C)c1C. The highest BCUT2D eigenvalue weighted by Gasteiger charge is 1.99. The van der Waals surface area contributed by atoms with E-state index in [1.165, 1.54) is 16.7 Å². The zero-order chi connectivity index (χ0) is 9.72. The van der Waals surface area contributed by atoms with E-state index in [0.29, 0.717) is 0 Å². The molecule has 1 heteroatoms. The minimum atomic E-state index is 0.864. The number of hydrogen-bond donors (Lipinski definition) is 0. The second-order valence-corrected chi connectivity index (χ2v) is 3.02. The maximum atomic E-state index is 5.89. The molecule has 0 unspecified atom stereocenters. The Hall–Kier alpha value is -0.490. The summed E-state index contributed by atoms with van der Waals surface area (Å²) in [5, 5.41) is 0.864. The molecule has 0 saturated heterocycles. The van der Waals surface area contributed by atoms with Crippen LogP contribution in [0.3, 0.4) is 0 Å². The van der Waals surface area contributed by atoms with Crippen LogP contribution in [0.5, 0.6) is 0 Å². The van der Waals surface area contributed by atoms with E-state index in [2.05, 4.69) is 13.8 Å². The molecule has 12 heavy (non-hydrogen) atoms. The van der Waals surface area contributed by atoms with Gasteiger partial charge in [-0.15, -0.1) is 0 Å². The molecule has 0 spiro atoms. The number of hydrogen-bond acceptors (Lipinski definition) is 0. The van der Waals surface area contributed by atoms with Gasteiger partial charge in [0.15, 0.2) is 0 Å². The quantitative estimate of drug-likeness (QED) is 0.564. The summed E-state index contributed by atoms with van der Waals surface area (Å²) in [6, 6.07) is 3.99. The van der Waals surface area contributed by atoms with Crippen molar-refractivity contribution in [2.24, 2.45) is 0 Å². The van der Waals surface area contributed by atoms with Crippen molar-refractivity contribution in [1.82, 2.24) is 0 Å². The molecule has 0 nitrogen and oxygen atoms in total. The maximum absolute atomic E-state index is 5.89. The molecule has 0 amide bonds. The van der Waals surface area contributed by atoms with Crippen LogP contribution in [0.25, 0.3) is 0 Å². The lowest BCUT2D eigenvalue weighted by Gasteiger charge is -2.04. The molecule has 68 valence electrons. The van der Waals surface area contributed by atoms with E-state index in [1.807, 2.05) is 32.9 Å². The molecule has 0 bridgehead atoms. The summed E-state index contributed by atoms with van der Waals surface area (Å²) in [5.41, 5.74) is 3.80. The predicted molar refractivity (Wildman–Crippen MR) is 57.0 cm³/mol. The first-order chi connectivity index (χ1) is 5.63. The van der Waals surface area contributed by atoms with Crippen molar-refractivity contribution in [3.63, 3.8) is 0 Å². The molecule has 0 saturated carbocycles. The van der Waals surface area contributed by atoms with E-state index in [9.17, 15) is 0 Å². The highest BCUT2D eigenvalue weighted by Crippen LogP contribution is 2.20. The van der Waals surface area contributed by atoms with Gasteiger partial charge in [-0.3, -0.25) is 0 Å². The summed E-state index contributed by atoms with van der Waals surface area (Å²) in [4.78, 5) is 0. The summed E-state index contributed by atoms with van der Waals surface area (Å²) in [7, 11) is 0. The smallest absolute Gasteiger partial charge is 0.0438 e. The molecular formula is C11H17Cl. The lowest BCUT2D eigenvalue weighted by Crippen LogP contribution is -1.85. The van der Waals surface area contributed by atoms with Crippen LogP contribution in [0.2, 0.25) is 5.02 Å². The van der Waals surface area contributed by atoms with Crippen LogP contribution in [0.4, 0.5) is 0 Å². The number of halogens is 1. The van der Waals surface area contributed by atoms with Gasteiger partial charge in [-0.1, -0.05) is 31.5 Å². The summed E-state index contributed by atoms with van der Waals surface area (Å²) >= 11 is 5.89. The average Bonchev–Trinajstić information content (AvgIpc) is 2.12. The molecule has 0 aromatic heterocycles. The minimum Gasteiger partial charge on any atom is -0.0840 e. The van der Waals surface area contributed by atoms with Gasteiger partial charge in [-0.05, 0) is 43.5 Å². The number of aryl methyl sites for hydroxylation is 1. The fourth-order valence-electron chi connectivity index (χ4n) is 0.923. The third-order valence-corrected chi connectivity index (χ3v) is 2.40. The van der Waals surface area contributed by atoms with E-state index >= 15 is 0 Å². The molecule has 0 atom stereocenters. The Labute approximate surface area is 80.6 Å². The molecule has 0 fully saturated rings. The fourth-order valence-corrected chi connectivity index (χ4v) is 1.13. The van der Waals surface area contributed by atoms with Gasteiger partial charge in [0.1, 0.15) is 0 Å². The Morgan fingerprint density at radius 3 is 1.83 bits per heavy atom. The Morgan fingerprint density at radius 1 is 0.917 bits per heavy atom. The van der Waals surface area contributed by atoms with Crippen LogP contribution in [0.15, 0.2) is 12.1 Å². The normalized spacial score (nSPS) is 8.83. The molecule has 1 aromatic carbocycles. The van der Waals surface area contributed by atoms with Crippen LogP contribution < -0.4 is 0 Å². The molecule has 0 radical (unpaired) electrons. The van der Waals surface area contributed by atoms with E-state index in [4.69, 9.17) is 11.6 Å². The van der Waals surface area contributed by atoms with Crippen molar-refractivity contribution < 1.29 is 0 Å². The van der Waals surface area contributed by atoms with E-state index in [1.54, 1.807) is 0 Å². The van der Waals surface area contributed by atoms with Crippen LogP contribution in [0.1, 0.15) is 30.5 Å². The first-order valence-corrected chi connectivity index (χ1v) is 4.73. The van der Waals surface area contributed by atoms with Crippen LogP contribution in [-0.4, -0.2) is 0 Å². The predicted octanol–water partition coefficient (Wildman–Crippen LogP) is 4.29. The highest BCUT2D eigenvalue weighted by molar-refractivity contribution is 6.31. The Bertz CT molecular complexity index is 224. The average molecular weight is 185 g/mol. The minimum absolute atomic E-state index is 0.864. The first-order valence-electron chi connectivity index (χ1n) is 4.35. The van der Waals surface area contributed by atoms with E-state index < -0.39 is 0 Å². The monoisotopic (exact) mass is 184 g/mol. The standard InChI is InChI=1S/C9H11Cl.C2H6/c1-6-4-5-9(10)8(3)7(6)2;1-2/h4-5H,1-3H3;1-2H3. The van der Waals surface area contributed by atoms with Crippen LogP contribution in [-0.2, 0) is 0 Å². The van der Waals surface area contributed by atoms with Crippen molar-refractivity contribution in [3.8, 4) is 0 Å². The van der Waals surface area contributed by atoms with Crippen molar-refractivity contribution in [3.05, 3.63) is 33.8 Å². The van der Waals surface area contributed by atoms with Crippen LogP contribution >= 0.6 is 11.6 Å². The van der Waals surface area contributed by atoms with Gasteiger partial charge in [-0.2, -0.15) is 0 Å². The molecule has 1 rings (SSSR count). The van der Waals surface area contributed by atoms with Crippen molar-refractivity contribution in [2.75, 3.05) is 0 Å². The van der Waals surface area contributed by atoms with E-state index in [0.717, 1.165) is 5.02 Å². The Morgan fingerprint density at radius 2 is 1.42 bits per heavy atom.